The lowest BCUT2D eigenvalue weighted by Crippen LogP contribution is -2.25. The summed E-state index contributed by atoms with van der Waals surface area (Å²) >= 11 is 0. The minimum absolute atomic E-state index is 0.134. The van der Waals surface area contributed by atoms with Gasteiger partial charge < -0.3 is 0 Å². The molecule has 9 heavy (non-hydrogen) atoms. The van der Waals surface area contributed by atoms with Crippen molar-refractivity contribution in [2.24, 2.45) is 5.41 Å². The van der Waals surface area contributed by atoms with Gasteiger partial charge in [0.2, 0.25) is 5.91 Å². The number of carbonyl (C=O) groups is 1. The van der Waals surface area contributed by atoms with Crippen LogP contribution in [0.3, 0.4) is 0 Å². The summed E-state index contributed by atoms with van der Waals surface area (Å²) in [6.45, 7) is 1.86. The van der Waals surface area contributed by atoms with Crippen molar-refractivity contribution in [3.05, 3.63) is 0 Å². The SMILES string of the molecule is CC1(C(=O)NC#N)CC1. The van der Waals surface area contributed by atoms with E-state index in [1.807, 2.05) is 6.92 Å². The molecule has 0 atom stereocenters. The summed E-state index contributed by atoms with van der Waals surface area (Å²) in [5, 5.41) is 10.2. The quantitative estimate of drug-likeness (QED) is 0.406. The molecule has 0 aliphatic heterocycles. The van der Waals surface area contributed by atoms with Gasteiger partial charge in [-0.25, -0.2) is 0 Å². The monoisotopic (exact) mass is 124 g/mol. The molecule has 0 aromatic rings. The molecule has 3 nitrogen and oxygen atoms in total. The topological polar surface area (TPSA) is 52.9 Å². The molecule has 0 saturated heterocycles. The molecule has 48 valence electrons. The summed E-state index contributed by atoms with van der Waals surface area (Å²) in [5.41, 5.74) is -0.213. The highest BCUT2D eigenvalue weighted by molar-refractivity contribution is 5.85. The van der Waals surface area contributed by atoms with Crippen molar-refractivity contribution in [1.29, 1.82) is 5.26 Å². The van der Waals surface area contributed by atoms with E-state index in [-0.39, 0.29) is 11.3 Å². The average Bonchev–Trinajstić information content (AvgIpc) is 2.50. The van der Waals surface area contributed by atoms with Crippen molar-refractivity contribution >= 4 is 5.91 Å². The van der Waals surface area contributed by atoms with E-state index in [9.17, 15) is 4.79 Å². The Morgan fingerprint density at radius 3 is 2.67 bits per heavy atom. The van der Waals surface area contributed by atoms with Crippen molar-refractivity contribution < 1.29 is 4.79 Å². The number of hydrogen-bond donors (Lipinski definition) is 1. The lowest BCUT2D eigenvalue weighted by atomic mass is 10.1. The molecule has 0 spiro atoms. The summed E-state index contributed by atoms with van der Waals surface area (Å²) in [5.74, 6) is -0.134. The zero-order valence-corrected chi connectivity index (χ0v) is 5.27. The van der Waals surface area contributed by atoms with E-state index in [1.165, 1.54) is 0 Å². The molecule has 1 N–H and O–H groups in total. The van der Waals surface area contributed by atoms with Crippen LogP contribution in [0, 0.1) is 16.9 Å². The van der Waals surface area contributed by atoms with Crippen LogP contribution in [0.1, 0.15) is 19.8 Å². The first kappa shape index (κ1) is 6.09. The van der Waals surface area contributed by atoms with E-state index >= 15 is 0 Å². The summed E-state index contributed by atoms with van der Waals surface area (Å²) in [6.07, 6.45) is 3.45. The van der Waals surface area contributed by atoms with Gasteiger partial charge in [-0.2, -0.15) is 5.26 Å². The Kier molecular flexibility index (Phi) is 1.17. The number of rotatable bonds is 1. The molecule has 1 aliphatic rings. The minimum Gasteiger partial charge on any atom is -0.273 e. The normalized spacial score (nSPS) is 20.0. The molecule has 0 aromatic heterocycles. The van der Waals surface area contributed by atoms with Crippen LogP contribution in [0.2, 0.25) is 0 Å². The lowest BCUT2D eigenvalue weighted by molar-refractivity contribution is -0.124. The van der Waals surface area contributed by atoms with Gasteiger partial charge >= 0.3 is 0 Å². The third-order valence-electron chi connectivity index (χ3n) is 1.72. The molecule has 3 heteroatoms. The van der Waals surface area contributed by atoms with Crippen LogP contribution in [0.15, 0.2) is 0 Å². The molecule has 0 heterocycles. The first-order valence-electron chi connectivity index (χ1n) is 2.88. The Morgan fingerprint density at radius 2 is 2.33 bits per heavy atom. The Balaban J connectivity index is 2.45. The van der Waals surface area contributed by atoms with E-state index in [0.29, 0.717) is 0 Å². The number of carbonyl (C=O) groups excluding carboxylic acids is 1. The number of nitriles is 1. The standard InChI is InChI=1S/C6H8N2O/c1-6(2-3-6)5(9)8-4-7/h2-3H2,1H3,(H,8,9). The van der Waals surface area contributed by atoms with Gasteiger partial charge in [-0.15, -0.1) is 0 Å². The van der Waals surface area contributed by atoms with Crippen molar-refractivity contribution in [3.8, 4) is 6.19 Å². The third-order valence-corrected chi connectivity index (χ3v) is 1.72. The number of amides is 1. The number of nitrogens with zero attached hydrogens (tertiary/aromatic N) is 1. The van der Waals surface area contributed by atoms with E-state index < -0.39 is 0 Å². The Bertz CT molecular complexity index is 176. The van der Waals surface area contributed by atoms with Crippen LogP contribution < -0.4 is 5.32 Å². The molecule has 1 fully saturated rings. The number of hydrogen-bond acceptors (Lipinski definition) is 2. The molecule has 0 bridgehead atoms. The molecule has 0 radical (unpaired) electrons. The van der Waals surface area contributed by atoms with Gasteiger partial charge in [0.05, 0.1) is 0 Å². The largest absolute Gasteiger partial charge is 0.273 e. The zero-order chi connectivity index (χ0) is 6.91. The van der Waals surface area contributed by atoms with Crippen LogP contribution in [-0.2, 0) is 4.79 Å². The molecule has 0 unspecified atom stereocenters. The van der Waals surface area contributed by atoms with Gasteiger partial charge in [-0.3, -0.25) is 10.1 Å². The first-order chi connectivity index (χ1) is 4.19. The summed E-state index contributed by atoms with van der Waals surface area (Å²) in [4.78, 5) is 10.8. The maximum atomic E-state index is 10.8. The fourth-order valence-corrected chi connectivity index (χ4v) is 0.616. The third kappa shape index (κ3) is 1.02. The highest BCUT2D eigenvalue weighted by Crippen LogP contribution is 2.44. The molecule has 0 aromatic carbocycles. The second-order valence-corrected chi connectivity index (χ2v) is 2.63. The van der Waals surface area contributed by atoms with Gasteiger partial charge in [0.25, 0.3) is 0 Å². The van der Waals surface area contributed by atoms with Crippen LogP contribution in [0.4, 0.5) is 0 Å². The van der Waals surface area contributed by atoms with Crippen LogP contribution in [0.25, 0.3) is 0 Å². The minimum atomic E-state index is -0.213. The highest BCUT2D eigenvalue weighted by atomic mass is 16.2. The van der Waals surface area contributed by atoms with Gasteiger partial charge in [0.1, 0.15) is 0 Å². The highest BCUT2D eigenvalue weighted by Gasteiger charge is 2.44. The van der Waals surface area contributed by atoms with Crippen molar-refractivity contribution in [3.63, 3.8) is 0 Å². The zero-order valence-electron chi connectivity index (χ0n) is 5.27. The second kappa shape index (κ2) is 1.73. The van der Waals surface area contributed by atoms with Crippen LogP contribution in [-0.4, -0.2) is 5.91 Å². The average molecular weight is 124 g/mol. The fourth-order valence-electron chi connectivity index (χ4n) is 0.616. The van der Waals surface area contributed by atoms with Crippen LogP contribution >= 0.6 is 0 Å². The van der Waals surface area contributed by atoms with Gasteiger partial charge in [-0.1, -0.05) is 6.92 Å². The van der Waals surface area contributed by atoms with Crippen LogP contribution in [0.5, 0.6) is 0 Å². The van der Waals surface area contributed by atoms with Gasteiger partial charge in [-0.05, 0) is 12.8 Å². The molecule has 1 rings (SSSR count). The summed E-state index contributed by atoms with van der Waals surface area (Å²) < 4.78 is 0. The van der Waals surface area contributed by atoms with E-state index in [1.54, 1.807) is 6.19 Å². The lowest BCUT2D eigenvalue weighted by Gasteiger charge is -2.00. The van der Waals surface area contributed by atoms with Crippen molar-refractivity contribution in [1.82, 2.24) is 5.32 Å². The Labute approximate surface area is 53.7 Å². The molecule has 1 saturated carbocycles. The Hall–Kier alpha value is -1.04. The molecular weight excluding hydrogens is 116 g/mol. The molecular formula is C6H8N2O. The maximum absolute atomic E-state index is 10.8. The summed E-state index contributed by atoms with van der Waals surface area (Å²) in [7, 11) is 0. The second-order valence-electron chi connectivity index (χ2n) is 2.63. The first-order valence-corrected chi connectivity index (χ1v) is 2.88. The van der Waals surface area contributed by atoms with E-state index in [2.05, 4.69) is 5.32 Å². The van der Waals surface area contributed by atoms with Crippen molar-refractivity contribution in [2.75, 3.05) is 0 Å². The Morgan fingerprint density at radius 1 is 1.78 bits per heavy atom. The number of nitrogens with one attached hydrogen (secondary N) is 1. The van der Waals surface area contributed by atoms with E-state index in [4.69, 9.17) is 5.26 Å². The smallest absolute Gasteiger partial charge is 0.238 e. The molecule has 1 amide bonds. The fraction of sp³-hybridized carbons (Fsp3) is 0.667. The predicted molar refractivity (Wildman–Crippen MR) is 31.1 cm³/mol. The van der Waals surface area contributed by atoms with Gasteiger partial charge in [0.15, 0.2) is 6.19 Å². The predicted octanol–water partition coefficient (Wildman–Crippen LogP) is 0.384. The molecule has 1 aliphatic carbocycles. The summed E-state index contributed by atoms with van der Waals surface area (Å²) in [6, 6.07) is 0. The van der Waals surface area contributed by atoms with E-state index in [0.717, 1.165) is 12.8 Å². The maximum Gasteiger partial charge on any atom is 0.238 e. The van der Waals surface area contributed by atoms with Crippen molar-refractivity contribution in [2.45, 2.75) is 19.8 Å². The van der Waals surface area contributed by atoms with Gasteiger partial charge in [0, 0.05) is 5.41 Å².